The summed E-state index contributed by atoms with van der Waals surface area (Å²) in [5.74, 6) is -0.622. The molecule has 0 fully saturated rings. The third kappa shape index (κ3) is 43.4. The zero-order valence-electron chi connectivity index (χ0n) is 40.2. The number of amides is 1. The number of nitrogens with one attached hydrogen (secondary N) is 1. The minimum atomic E-state index is -0.820. The predicted octanol–water partition coefficient (Wildman–Crippen LogP) is 15.3. The molecule has 0 radical (unpaired) electrons. The van der Waals surface area contributed by atoms with E-state index in [1.54, 1.807) is 0 Å². The zero-order valence-corrected chi connectivity index (χ0v) is 40.2. The monoisotopic (exact) mass is 862 g/mol. The fourth-order valence-corrected chi connectivity index (χ4v) is 6.98. The summed E-state index contributed by atoms with van der Waals surface area (Å²) < 4.78 is 5.85. The van der Waals surface area contributed by atoms with Crippen molar-refractivity contribution in [2.24, 2.45) is 0 Å². The fourth-order valence-electron chi connectivity index (χ4n) is 6.98. The third-order valence-electron chi connectivity index (χ3n) is 10.9. The molecule has 0 aromatic rings. The van der Waals surface area contributed by atoms with Gasteiger partial charge in [-0.15, -0.1) is 0 Å². The molecule has 0 aliphatic heterocycles. The van der Waals surface area contributed by atoms with E-state index in [0.29, 0.717) is 19.3 Å². The lowest BCUT2D eigenvalue weighted by Crippen LogP contribution is -2.46. The first-order chi connectivity index (χ1) is 30.5. The highest BCUT2D eigenvalue weighted by Gasteiger charge is 2.23. The molecule has 0 bridgehead atoms. The molecular formula is C56H95NO5. The average Bonchev–Trinajstić information content (AvgIpc) is 3.26. The van der Waals surface area contributed by atoms with Gasteiger partial charge < -0.3 is 20.3 Å². The van der Waals surface area contributed by atoms with Crippen LogP contribution in [-0.4, -0.2) is 46.9 Å². The lowest BCUT2D eigenvalue weighted by atomic mass is 10.0. The van der Waals surface area contributed by atoms with Crippen molar-refractivity contribution in [1.29, 1.82) is 0 Å². The van der Waals surface area contributed by atoms with Crippen LogP contribution in [0.5, 0.6) is 0 Å². The Balaban J connectivity index is 4.77. The van der Waals surface area contributed by atoms with Gasteiger partial charge in [-0.1, -0.05) is 208 Å². The summed E-state index contributed by atoms with van der Waals surface area (Å²) in [5, 5.41) is 23.6. The summed E-state index contributed by atoms with van der Waals surface area (Å²) in [4.78, 5) is 26.1. The van der Waals surface area contributed by atoms with Gasteiger partial charge in [-0.3, -0.25) is 9.59 Å². The second-order valence-corrected chi connectivity index (χ2v) is 16.9. The highest BCUT2D eigenvalue weighted by atomic mass is 16.5. The maximum atomic E-state index is 13.1. The van der Waals surface area contributed by atoms with E-state index in [1.807, 2.05) is 12.2 Å². The number of carbonyl (C=O) groups excluding carboxylic acids is 2. The fraction of sp³-hybridized carbons (Fsp3) is 0.679. The van der Waals surface area contributed by atoms with Crippen LogP contribution in [0.25, 0.3) is 0 Å². The first kappa shape index (κ1) is 58.8. The van der Waals surface area contributed by atoms with Crippen molar-refractivity contribution in [2.45, 2.75) is 238 Å². The first-order valence-electron chi connectivity index (χ1n) is 25.5. The molecule has 1 amide bonds. The summed E-state index contributed by atoms with van der Waals surface area (Å²) in [6.07, 6.45) is 64.8. The lowest BCUT2D eigenvalue weighted by molar-refractivity contribution is -0.150. The quantitative estimate of drug-likeness (QED) is 0.0322. The molecular weight excluding hydrogens is 767 g/mol. The number of ether oxygens (including phenoxy) is 1. The van der Waals surface area contributed by atoms with Crippen molar-refractivity contribution >= 4 is 11.9 Å². The first-order valence-corrected chi connectivity index (χ1v) is 25.5. The number of aliphatic hydroxyl groups excluding tert-OH is 2. The minimum absolute atomic E-state index is 0.0168. The highest BCUT2D eigenvalue weighted by molar-refractivity contribution is 5.77. The van der Waals surface area contributed by atoms with Gasteiger partial charge in [0.1, 0.15) is 6.10 Å². The molecule has 0 heterocycles. The van der Waals surface area contributed by atoms with Crippen molar-refractivity contribution in [1.82, 2.24) is 5.32 Å². The van der Waals surface area contributed by atoms with Crippen LogP contribution in [0.15, 0.2) is 97.2 Å². The molecule has 0 aliphatic carbocycles. The number of rotatable bonds is 44. The number of carbonyl (C=O) groups is 2. The minimum Gasteiger partial charge on any atom is -0.461 e. The molecule has 0 saturated heterocycles. The van der Waals surface area contributed by atoms with Crippen LogP contribution < -0.4 is 5.32 Å². The smallest absolute Gasteiger partial charge is 0.306 e. The van der Waals surface area contributed by atoms with Crippen molar-refractivity contribution < 1.29 is 24.5 Å². The summed E-state index contributed by atoms with van der Waals surface area (Å²) in [5.41, 5.74) is 0. The van der Waals surface area contributed by atoms with Crippen LogP contribution in [0.4, 0.5) is 0 Å². The molecule has 3 N–H and O–H groups in total. The topological polar surface area (TPSA) is 95.9 Å². The number of esters is 1. The molecule has 0 spiro atoms. The van der Waals surface area contributed by atoms with E-state index >= 15 is 0 Å². The van der Waals surface area contributed by atoms with Gasteiger partial charge in [-0.05, 0) is 89.9 Å². The van der Waals surface area contributed by atoms with E-state index in [0.717, 1.165) is 89.9 Å². The second-order valence-electron chi connectivity index (χ2n) is 16.9. The molecule has 3 unspecified atom stereocenters. The maximum Gasteiger partial charge on any atom is 0.306 e. The molecule has 6 heteroatoms. The number of allylic oxidation sites excluding steroid dienone is 15. The maximum absolute atomic E-state index is 13.1. The van der Waals surface area contributed by atoms with Gasteiger partial charge in [-0.25, -0.2) is 0 Å². The van der Waals surface area contributed by atoms with Crippen molar-refractivity contribution in [2.75, 3.05) is 6.61 Å². The number of hydrogen-bond donors (Lipinski definition) is 3. The molecule has 62 heavy (non-hydrogen) atoms. The number of aliphatic hydroxyl groups is 2. The summed E-state index contributed by atoms with van der Waals surface area (Å²) in [6.45, 7) is 6.36. The molecule has 6 nitrogen and oxygen atoms in total. The van der Waals surface area contributed by atoms with E-state index < -0.39 is 18.2 Å². The largest absolute Gasteiger partial charge is 0.461 e. The van der Waals surface area contributed by atoms with Crippen LogP contribution in [0, 0.1) is 0 Å². The molecule has 0 aliphatic rings. The number of hydrogen-bond acceptors (Lipinski definition) is 5. The van der Waals surface area contributed by atoms with Crippen LogP contribution in [0.3, 0.4) is 0 Å². The third-order valence-corrected chi connectivity index (χ3v) is 10.9. The average molecular weight is 862 g/mol. The van der Waals surface area contributed by atoms with Gasteiger partial charge in [0.15, 0.2) is 0 Å². The Hall–Kier alpha value is -3.22. The van der Waals surface area contributed by atoms with Crippen LogP contribution in [0.1, 0.15) is 220 Å². The Kier molecular flexibility index (Phi) is 46.3. The standard InChI is InChI=1S/C56H95NO5/c1-4-7-10-13-16-19-21-23-25-26-27-28-30-32-34-37-40-43-46-49-56(61)62-52(47-44-41-38-36-33-31-29-24-22-20-17-14-11-8-5-2)50-55(60)57-53(51-58)54(59)48-45-42-39-35-18-15-12-9-6-3/h16-17,19-20,23-25,27-29,32-34,36,41,44,52-54,58-59H,4-15,18,21-22,26,30-31,35,37-40,42-43,45-51H2,1-3H3,(H,57,60)/b19-16-,20-17-,25-23-,28-27-,29-24-,34-32-,36-33-,44-41-. The molecule has 0 aromatic heterocycles. The van der Waals surface area contributed by atoms with E-state index in [4.69, 9.17) is 4.74 Å². The van der Waals surface area contributed by atoms with Gasteiger partial charge in [0.25, 0.3) is 0 Å². The predicted molar refractivity (Wildman–Crippen MR) is 268 cm³/mol. The van der Waals surface area contributed by atoms with Crippen LogP contribution >= 0.6 is 0 Å². The SMILES string of the molecule is CCCCC/C=C\C/C=C\C/C=C\C/C=C\CCCCCC(=O)OC(C/C=C\C/C=C\C/C=C\C/C=C\CCCCC)CC(=O)NC(CO)C(O)CCCCCCCCCCC. The van der Waals surface area contributed by atoms with E-state index in [1.165, 1.54) is 83.5 Å². The van der Waals surface area contributed by atoms with Gasteiger partial charge in [0.2, 0.25) is 5.91 Å². The van der Waals surface area contributed by atoms with Crippen LogP contribution in [0.2, 0.25) is 0 Å². The van der Waals surface area contributed by atoms with Crippen molar-refractivity contribution in [3.8, 4) is 0 Å². The van der Waals surface area contributed by atoms with Crippen molar-refractivity contribution in [3.63, 3.8) is 0 Å². The molecule has 3 atom stereocenters. The highest BCUT2D eigenvalue weighted by Crippen LogP contribution is 2.15. The Morgan fingerprint density at radius 2 is 0.855 bits per heavy atom. The van der Waals surface area contributed by atoms with Gasteiger partial charge in [-0.2, -0.15) is 0 Å². The second kappa shape index (κ2) is 48.8. The van der Waals surface area contributed by atoms with E-state index in [2.05, 4.69) is 111 Å². The van der Waals surface area contributed by atoms with Crippen LogP contribution in [-0.2, 0) is 14.3 Å². The Morgan fingerprint density at radius 3 is 1.31 bits per heavy atom. The molecule has 354 valence electrons. The normalized spacial score (nSPS) is 14.1. The molecule has 0 saturated carbocycles. The Morgan fingerprint density at radius 1 is 0.484 bits per heavy atom. The van der Waals surface area contributed by atoms with Gasteiger partial charge in [0, 0.05) is 12.8 Å². The lowest BCUT2D eigenvalue weighted by Gasteiger charge is -2.24. The van der Waals surface area contributed by atoms with Gasteiger partial charge in [0.05, 0.1) is 25.2 Å². The number of unbranched alkanes of at least 4 members (excludes halogenated alkanes) is 17. The Labute approximate surface area is 382 Å². The summed E-state index contributed by atoms with van der Waals surface area (Å²) >= 11 is 0. The molecule has 0 aromatic carbocycles. The Bertz CT molecular complexity index is 1240. The van der Waals surface area contributed by atoms with E-state index in [-0.39, 0.29) is 24.9 Å². The molecule has 0 rings (SSSR count). The summed E-state index contributed by atoms with van der Waals surface area (Å²) in [6, 6.07) is -0.742. The zero-order chi connectivity index (χ0) is 45.2. The van der Waals surface area contributed by atoms with Crippen molar-refractivity contribution in [3.05, 3.63) is 97.2 Å². The van der Waals surface area contributed by atoms with Gasteiger partial charge >= 0.3 is 5.97 Å². The summed E-state index contributed by atoms with van der Waals surface area (Å²) in [7, 11) is 0. The van der Waals surface area contributed by atoms with E-state index in [9.17, 15) is 19.8 Å².